The van der Waals surface area contributed by atoms with Crippen LogP contribution in [0.5, 0.6) is 5.75 Å². The van der Waals surface area contributed by atoms with Gasteiger partial charge in [0.15, 0.2) is 5.82 Å². The molecule has 6 heteroatoms. The van der Waals surface area contributed by atoms with Crippen LogP contribution in [-0.2, 0) is 12.5 Å². The maximum atomic E-state index is 6.53. The van der Waals surface area contributed by atoms with Crippen molar-refractivity contribution in [3.8, 4) is 5.75 Å². The first-order chi connectivity index (χ1) is 13.6. The number of ether oxygens (including phenoxy) is 1. The zero-order valence-corrected chi connectivity index (χ0v) is 16.4. The molecule has 28 heavy (non-hydrogen) atoms. The highest BCUT2D eigenvalue weighted by Crippen LogP contribution is 2.46. The number of rotatable bonds is 2. The molecule has 1 atom stereocenters. The van der Waals surface area contributed by atoms with Crippen LogP contribution in [0.2, 0.25) is 0 Å². The molecule has 1 fully saturated rings. The summed E-state index contributed by atoms with van der Waals surface area (Å²) in [7, 11) is 1.90. The fourth-order valence-corrected chi connectivity index (χ4v) is 4.67. The summed E-state index contributed by atoms with van der Waals surface area (Å²) in [5.41, 5.74) is 3.31. The van der Waals surface area contributed by atoms with Gasteiger partial charge in [0.25, 0.3) is 0 Å². The number of para-hydroxylation sites is 1. The number of fused-ring (bicyclic) bond motifs is 1. The first-order valence-corrected chi connectivity index (χ1v) is 9.92. The van der Waals surface area contributed by atoms with Crippen LogP contribution < -0.4 is 10.1 Å². The van der Waals surface area contributed by atoms with Crippen molar-refractivity contribution in [2.45, 2.75) is 37.2 Å². The van der Waals surface area contributed by atoms with Gasteiger partial charge in [-0.25, -0.2) is 4.68 Å². The lowest BCUT2D eigenvalue weighted by Crippen LogP contribution is -2.46. The van der Waals surface area contributed by atoms with Crippen LogP contribution in [0.3, 0.4) is 0 Å². The summed E-state index contributed by atoms with van der Waals surface area (Å²) in [5.74, 6) is 1.87. The van der Waals surface area contributed by atoms with E-state index < -0.39 is 0 Å². The minimum atomic E-state index is -0.238. The molecule has 0 saturated carbocycles. The summed E-state index contributed by atoms with van der Waals surface area (Å²) < 4.78 is 8.30. The van der Waals surface area contributed by atoms with Crippen molar-refractivity contribution in [1.29, 1.82) is 0 Å². The third kappa shape index (κ3) is 2.79. The van der Waals surface area contributed by atoms with Crippen LogP contribution in [0.1, 0.15) is 37.6 Å². The lowest BCUT2D eigenvalue weighted by molar-refractivity contribution is 0.0816. The second-order valence-electron chi connectivity index (χ2n) is 8.24. The van der Waals surface area contributed by atoms with E-state index in [-0.39, 0.29) is 11.0 Å². The molecule has 1 aromatic carbocycles. The van der Waals surface area contributed by atoms with Gasteiger partial charge in [-0.05, 0) is 60.1 Å². The van der Waals surface area contributed by atoms with E-state index in [2.05, 4.69) is 76.3 Å². The predicted molar refractivity (Wildman–Crippen MR) is 108 cm³/mol. The van der Waals surface area contributed by atoms with Gasteiger partial charge >= 0.3 is 0 Å². The van der Waals surface area contributed by atoms with Crippen molar-refractivity contribution in [3.05, 3.63) is 65.5 Å². The first kappa shape index (κ1) is 17.4. The molecule has 1 unspecified atom stereocenters. The maximum absolute atomic E-state index is 6.53. The highest BCUT2D eigenvalue weighted by atomic mass is 16.5. The molecular formula is C22H25N5O. The minimum absolute atomic E-state index is 0.223. The Kier molecular flexibility index (Phi) is 3.98. The zero-order valence-electron chi connectivity index (χ0n) is 16.4. The van der Waals surface area contributed by atoms with Gasteiger partial charge in [-0.15, -0.1) is 5.10 Å². The third-order valence-corrected chi connectivity index (χ3v) is 6.14. The molecule has 0 radical (unpaired) electrons. The van der Waals surface area contributed by atoms with Gasteiger partial charge in [0.1, 0.15) is 11.4 Å². The Bertz CT molecular complexity index is 996. The van der Waals surface area contributed by atoms with Crippen molar-refractivity contribution in [2.75, 3.05) is 13.1 Å². The van der Waals surface area contributed by atoms with E-state index in [9.17, 15) is 0 Å². The summed E-state index contributed by atoms with van der Waals surface area (Å²) in [4.78, 5) is 0. The van der Waals surface area contributed by atoms with Gasteiger partial charge in [0.2, 0.25) is 0 Å². The summed E-state index contributed by atoms with van der Waals surface area (Å²) in [6, 6.07) is 8.40. The molecule has 2 aromatic rings. The smallest absolute Gasteiger partial charge is 0.160 e. The first-order valence-electron chi connectivity index (χ1n) is 9.92. The van der Waals surface area contributed by atoms with E-state index in [0.717, 1.165) is 43.9 Å². The average Bonchev–Trinajstić information content (AvgIpc) is 3.15. The maximum Gasteiger partial charge on any atom is 0.160 e. The van der Waals surface area contributed by atoms with Crippen molar-refractivity contribution in [3.63, 3.8) is 0 Å². The number of benzene rings is 1. The number of hydrogen-bond acceptors (Lipinski definition) is 5. The van der Waals surface area contributed by atoms with Gasteiger partial charge in [-0.2, -0.15) is 0 Å². The molecule has 0 amide bonds. The Hall–Kier alpha value is -2.73. The molecule has 1 aromatic heterocycles. The van der Waals surface area contributed by atoms with E-state index in [1.807, 2.05) is 7.05 Å². The van der Waals surface area contributed by atoms with E-state index in [4.69, 9.17) is 4.74 Å². The minimum Gasteiger partial charge on any atom is -0.482 e. The van der Waals surface area contributed by atoms with E-state index in [0.29, 0.717) is 0 Å². The molecule has 5 rings (SSSR count). The van der Waals surface area contributed by atoms with Crippen LogP contribution >= 0.6 is 0 Å². The number of piperidine rings is 1. The van der Waals surface area contributed by atoms with Gasteiger partial charge in [-0.3, -0.25) is 0 Å². The Balaban J connectivity index is 1.57. The van der Waals surface area contributed by atoms with Crippen molar-refractivity contribution >= 4 is 5.57 Å². The van der Waals surface area contributed by atoms with Gasteiger partial charge in [0.05, 0.1) is 5.41 Å². The molecule has 144 valence electrons. The fraction of sp³-hybridized carbons (Fsp3) is 0.409. The predicted octanol–water partition coefficient (Wildman–Crippen LogP) is 2.95. The number of nitrogens with one attached hydrogen (secondary N) is 1. The number of nitrogens with zero attached hydrogens (tertiary/aromatic N) is 4. The summed E-state index contributed by atoms with van der Waals surface area (Å²) in [6.45, 7) is 4.16. The normalized spacial score (nSPS) is 25.6. The molecule has 1 spiro atoms. The number of aryl methyl sites for hydroxylation is 1. The topological polar surface area (TPSA) is 64.9 Å². The third-order valence-electron chi connectivity index (χ3n) is 6.14. The van der Waals surface area contributed by atoms with Crippen molar-refractivity contribution in [1.82, 2.24) is 25.5 Å². The van der Waals surface area contributed by atoms with Crippen LogP contribution in [0.4, 0.5) is 0 Å². The molecule has 3 heterocycles. The summed E-state index contributed by atoms with van der Waals surface area (Å²) in [5, 5.41) is 15.6. The highest BCUT2D eigenvalue weighted by Gasteiger charge is 2.39. The number of aromatic nitrogens is 4. The summed E-state index contributed by atoms with van der Waals surface area (Å²) >= 11 is 0. The van der Waals surface area contributed by atoms with Gasteiger partial charge in [0, 0.05) is 25.5 Å². The Morgan fingerprint density at radius 3 is 2.79 bits per heavy atom. The van der Waals surface area contributed by atoms with E-state index in [1.54, 1.807) is 4.68 Å². The lowest BCUT2D eigenvalue weighted by atomic mass is 9.74. The van der Waals surface area contributed by atoms with Crippen LogP contribution in [-0.4, -0.2) is 38.9 Å². The van der Waals surface area contributed by atoms with Crippen LogP contribution in [0, 0.1) is 0 Å². The van der Waals surface area contributed by atoms with Crippen LogP contribution in [0.25, 0.3) is 5.57 Å². The number of hydrogen-bond donors (Lipinski definition) is 1. The standard InChI is InChI=1S/C22H25N5O/c1-21(20-24-25-26-27(20)2)9-5-6-16(14-21)18-15-22(10-12-23-13-11-22)28-19-8-4-3-7-17(18)19/h3-9,15,23H,10-14H2,1-2H3. The average molecular weight is 375 g/mol. The van der Waals surface area contributed by atoms with Gasteiger partial charge < -0.3 is 10.1 Å². The fourth-order valence-electron chi connectivity index (χ4n) is 4.67. The largest absolute Gasteiger partial charge is 0.482 e. The van der Waals surface area contributed by atoms with Crippen molar-refractivity contribution < 1.29 is 4.74 Å². The quantitative estimate of drug-likeness (QED) is 0.874. The lowest BCUT2D eigenvalue weighted by Gasteiger charge is -2.41. The molecule has 3 aliphatic rings. The summed E-state index contributed by atoms with van der Waals surface area (Å²) in [6.07, 6.45) is 11.8. The van der Waals surface area contributed by atoms with E-state index >= 15 is 0 Å². The Morgan fingerprint density at radius 1 is 1.18 bits per heavy atom. The second kappa shape index (κ2) is 6.41. The van der Waals surface area contributed by atoms with Gasteiger partial charge in [-0.1, -0.05) is 36.4 Å². The highest BCUT2D eigenvalue weighted by molar-refractivity contribution is 5.85. The SMILES string of the molecule is Cn1nnnc1C1(C)C=CC=C(C2=CC3(CCNCC3)Oc3ccccc32)C1. The second-order valence-corrected chi connectivity index (χ2v) is 8.24. The van der Waals surface area contributed by atoms with Crippen LogP contribution in [0.15, 0.2) is 54.1 Å². The molecule has 6 nitrogen and oxygen atoms in total. The molecule has 0 bridgehead atoms. The monoisotopic (exact) mass is 375 g/mol. The molecule has 1 N–H and O–H groups in total. The number of allylic oxidation sites excluding steroid dienone is 5. The molecule has 1 aliphatic carbocycles. The Labute approximate surface area is 165 Å². The number of tetrazole rings is 1. The van der Waals surface area contributed by atoms with E-state index in [1.165, 1.54) is 16.7 Å². The molecule has 2 aliphatic heterocycles. The molecule has 1 saturated heterocycles. The van der Waals surface area contributed by atoms with Crippen molar-refractivity contribution in [2.24, 2.45) is 7.05 Å². The zero-order chi connectivity index (χ0) is 19.2. The molecular weight excluding hydrogens is 350 g/mol. The Morgan fingerprint density at radius 2 is 2.00 bits per heavy atom.